The smallest absolute Gasteiger partial charge is 0.139 e. The van der Waals surface area contributed by atoms with Gasteiger partial charge in [0.25, 0.3) is 0 Å². The topological polar surface area (TPSA) is 53.9 Å². The third-order valence-corrected chi connectivity index (χ3v) is 3.20. The van der Waals surface area contributed by atoms with Gasteiger partial charge in [-0.25, -0.2) is 0 Å². The van der Waals surface area contributed by atoms with Gasteiger partial charge < -0.3 is 5.32 Å². The second-order valence-corrected chi connectivity index (χ2v) is 4.41. The number of rotatable bonds is 3. The summed E-state index contributed by atoms with van der Waals surface area (Å²) in [6.07, 6.45) is 0.970. The largest absolute Gasteiger partial charge is 0.314 e. The van der Waals surface area contributed by atoms with Crippen molar-refractivity contribution in [3.8, 4) is 0 Å². The molecule has 5 nitrogen and oxygen atoms in total. The summed E-state index contributed by atoms with van der Waals surface area (Å²) in [5.74, 6) is 0. The molecule has 78 valence electrons. The van der Waals surface area contributed by atoms with Crippen molar-refractivity contribution in [1.82, 2.24) is 25.0 Å². The Kier molecular flexibility index (Phi) is 3.39. The van der Waals surface area contributed by atoms with Crippen molar-refractivity contribution in [2.24, 2.45) is 0 Å². The molecule has 1 aromatic rings. The van der Waals surface area contributed by atoms with E-state index < -0.39 is 0 Å². The van der Waals surface area contributed by atoms with Crippen LogP contribution in [0.15, 0.2) is 0 Å². The summed E-state index contributed by atoms with van der Waals surface area (Å²) < 4.78 is 3.77. The molecule has 6 heteroatoms. The maximum atomic E-state index is 3.97. The van der Waals surface area contributed by atoms with Gasteiger partial charge in [-0.3, -0.25) is 4.90 Å². The van der Waals surface area contributed by atoms with Crippen molar-refractivity contribution in [3.63, 3.8) is 0 Å². The first-order chi connectivity index (χ1) is 6.86. The minimum Gasteiger partial charge on any atom is -0.314 e. The zero-order chi connectivity index (χ0) is 9.80. The van der Waals surface area contributed by atoms with E-state index in [9.17, 15) is 0 Å². The molecule has 1 saturated heterocycles. The second kappa shape index (κ2) is 4.77. The lowest BCUT2D eigenvalue weighted by Crippen LogP contribution is -2.48. The molecule has 1 aliphatic heterocycles. The van der Waals surface area contributed by atoms with E-state index in [2.05, 4.69) is 31.9 Å². The van der Waals surface area contributed by atoms with E-state index in [4.69, 9.17) is 0 Å². The van der Waals surface area contributed by atoms with E-state index in [1.807, 2.05) is 0 Å². The molecule has 0 radical (unpaired) electrons. The van der Waals surface area contributed by atoms with Gasteiger partial charge in [-0.05, 0) is 12.1 Å². The SMILES string of the molecule is CC(Cc1nnns1)N1CCNCC1. The normalized spacial score (nSPS) is 20.9. The zero-order valence-corrected chi connectivity index (χ0v) is 9.13. The Labute approximate surface area is 87.7 Å². The lowest BCUT2D eigenvalue weighted by Gasteiger charge is -2.32. The van der Waals surface area contributed by atoms with Crippen LogP contribution in [0.1, 0.15) is 11.9 Å². The maximum Gasteiger partial charge on any atom is 0.139 e. The molecule has 1 unspecified atom stereocenters. The Balaban J connectivity index is 1.85. The van der Waals surface area contributed by atoms with Crippen molar-refractivity contribution in [3.05, 3.63) is 5.01 Å². The van der Waals surface area contributed by atoms with Gasteiger partial charge >= 0.3 is 0 Å². The van der Waals surface area contributed by atoms with Crippen molar-refractivity contribution in [2.45, 2.75) is 19.4 Å². The van der Waals surface area contributed by atoms with E-state index in [1.165, 1.54) is 11.5 Å². The van der Waals surface area contributed by atoms with E-state index in [0.717, 1.165) is 37.6 Å². The van der Waals surface area contributed by atoms with Crippen LogP contribution >= 0.6 is 11.5 Å². The number of hydrogen-bond donors (Lipinski definition) is 1. The highest BCUT2D eigenvalue weighted by atomic mass is 32.1. The van der Waals surface area contributed by atoms with Crippen LogP contribution in [-0.2, 0) is 6.42 Å². The predicted molar refractivity (Wildman–Crippen MR) is 55.3 cm³/mol. The summed E-state index contributed by atoms with van der Waals surface area (Å²) in [4.78, 5) is 2.48. The Morgan fingerprint density at radius 2 is 2.29 bits per heavy atom. The highest BCUT2D eigenvalue weighted by Gasteiger charge is 2.17. The van der Waals surface area contributed by atoms with Gasteiger partial charge in [0.2, 0.25) is 0 Å². The second-order valence-electron chi connectivity index (χ2n) is 3.60. The highest BCUT2D eigenvalue weighted by Crippen LogP contribution is 2.08. The van der Waals surface area contributed by atoms with Gasteiger partial charge in [0.05, 0.1) is 0 Å². The molecule has 0 saturated carbocycles. The Morgan fingerprint density at radius 3 is 2.93 bits per heavy atom. The zero-order valence-electron chi connectivity index (χ0n) is 8.31. The first kappa shape index (κ1) is 9.95. The molecule has 1 aromatic heterocycles. The monoisotopic (exact) mass is 213 g/mol. The quantitative estimate of drug-likeness (QED) is 0.751. The van der Waals surface area contributed by atoms with Crippen molar-refractivity contribution < 1.29 is 0 Å². The molecule has 0 aliphatic carbocycles. The molecule has 2 heterocycles. The molecule has 1 fully saturated rings. The number of nitrogens with one attached hydrogen (secondary N) is 1. The fourth-order valence-corrected chi connectivity index (χ4v) is 2.29. The van der Waals surface area contributed by atoms with Crippen LogP contribution in [0.25, 0.3) is 0 Å². The van der Waals surface area contributed by atoms with Crippen LogP contribution in [0, 0.1) is 0 Å². The molecule has 1 aliphatic rings. The Bertz CT molecular complexity index is 257. The molecule has 2 rings (SSSR count). The summed E-state index contributed by atoms with van der Waals surface area (Å²) in [6, 6.07) is 0.548. The number of nitrogens with zero attached hydrogens (tertiary/aromatic N) is 4. The maximum absolute atomic E-state index is 3.97. The van der Waals surface area contributed by atoms with Crippen molar-refractivity contribution in [1.29, 1.82) is 0 Å². The lowest BCUT2D eigenvalue weighted by atomic mass is 10.2. The summed E-state index contributed by atoms with van der Waals surface area (Å²) >= 11 is 1.40. The third kappa shape index (κ3) is 2.46. The molecule has 14 heavy (non-hydrogen) atoms. The van der Waals surface area contributed by atoms with E-state index in [0.29, 0.717) is 6.04 Å². The van der Waals surface area contributed by atoms with E-state index in [1.54, 1.807) is 0 Å². The summed E-state index contributed by atoms with van der Waals surface area (Å²) in [5.41, 5.74) is 0. The van der Waals surface area contributed by atoms with Crippen LogP contribution in [-0.4, -0.2) is 51.9 Å². The van der Waals surface area contributed by atoms with Gasteiger partial charge in [0.1, 0.15) is 5.01 Å². The molecular formula is C8H15N5S. The molecule has 0 bridgehead atoms. The van der Waals surface area contributed by atoms with E-state index >= 15 is 0 Å². The lowest BCUT2D eigenvalue weighted by molar-refractivity contribution is 0.183. The average molecular weight is 213 g/mol. The fraction of sp³-hybridized carbons (Fsp3) is 0.875. The molecule has 1 atom stereocenters. The van der Waals surface area contributed by atoms with Gasteiger partial charge in [-0.2, -0.15) is 0 Å². The predicted octanol–water partition coefficient (Wildman–Crippen LogP) is -0.231. The van der Waals surface area contributed by atoms with E-state index in [-0.39, 0.29) is 0 Å². The van der Waals surface area contributed by atoms with Crippen LogP contribution in [0.4, 0.5) is 0 Å². The standard InChI is InChI=1S/C8H15N5S/c1-7(6-8-10-11-12-14-8)13-4-2-9-3-5-13/h7,9H,2-6H2,1H3. The molecule has 0 amide bonds. The first-order valence-corrected chi connectivity index (χ1v) is 5.72. The summed E-state index contributed by atoms with van der Waals surface area (Å²) in [5, 5.41) is 12.0. The van der Waals surface area contributed by atoms with Crippen LogP contribution in [0.3, 0.4) is 0 Å². The fourth-order valence-electron chi connectivity index (χ4n) is 1.73. The van der Waals surface area contributed by atoms with Gasteiger partial charge in [-0.1, -0.05) is 4.49 Å². The van der Waals surface area contributed by atoms with Gasteiger partial charge in [0.15, 0.2) is 0 Å². The molecular weight excluding hydrogens is 198 g/mol. The van der Waals surface area contributed by atoms with Gasteiger partial charge in [-0.15, -0.1) is 5.10 Å². The van der Waals surface area contributed by atoms with Crippen LogP contribution < -0.4 is 5.32 Å². The summed E-state index contributed by atoms with van der Waals surface area (Å²) in [6.45, 7) is 6.70. The molecule has 0 aromatic carbocycles. The Morgan fingerprint density at radius 1 is 1.50 bits per heavy atom. The van der Waals surface area contributed by atoms with Crippen LogP contribution in [0.5, 0.6) is 0 Å². The van der Waals surface area contributed by atoms with Crippen LogP contribution in [0.2, 0.25) is 0 Å². The van der Waals surface area contributed by atoms with Crippen molar-refractivity contribution >= 4 is 11.5 Å². The summed E-state index contributed by atoms with van der Waals surface area (Å²) in [7, 11) is 0. The number of aromatic nitrogens is 3. The first-order valence-electron chi connectivity index (χ1n) is 4.95. The minimum absolute atomic E-state index is 0.548. The number of piperazine rings is 1. The number of hydrogen-bond acceptors (Lipinski definition) is 6. The minimum atomic E-state index is 0.548. The third-order valence-electron chi connectivity index (χ3n) is 2.58. The molecule has 0 spiro atoms. The highest BCUT2D eigenvalue weighted by molar-refractivity contribution is 7.05. The molecule has 1 N–H and O–H groups in total. The van der Waals surface area contributed by atoms with Crippen molar-refractivity contribution in [2.75, 3.05) is 26.2 Å². The van der Waals surface area contributed by atoms with Gasteiger partial charge in [0, 0.05) is 50.2 Å². The Hall–Kier alpha value is -0.590. The average Bonchev–Trinajstić information content (AvgIpc) is 2.72.